The number of aliphatic hydroxyl groups is 1. The molecule has 0 aliphatic carbocycles. The summed E-state index contributed by atoms with van der Waals surface area (Å²) in [6.45, 7) is 6.66. The van der Waals surface area contributed by atoms with Gasteiger partial charge in [0.05, 0.1) is 12.0 Å². The number of aliphatic carboxylic acids is 1. The lowest BCUT2D eigenvalue weighted by atomic mass is 9.90. The summed E-state index contributed by atoms with van der Waals surface area (Å²) in [6, 6.07) is 0. The summed E-state index contributed by atoms with van der Waals surface area (Å²) in [5, 5.41) is 17.7. The Morgan fingerprint density at radius 1 is 1.55 bits per heavy atom. The third kappa shape index (κ3) is 2.72. The number of rotatable bonds is 4. The van der Waals surface area contributed by atoms with Gasteiger partial charge in [-0.1, -0.05) is 13.0 Å². The van der Waals surface area contributed by atoms with Crippen molar-refractivity contribution < 1.29 is 15.0 Å². The smallest absolute Gasteiger partial charge is 0.309 e. The molecule has 3 heteroatoms. The number of aliphatic hydroxyl groups excluding tert-OH is 1. The molecular weight excluding hydrogens is 144 g/mol. The first-order chi connectivity index (χ1) is 5.00. The number of carboxylic acids is 1. The van der Waals surface area contributed by atoms with Crippen LogP contribution < -0.4 is 0 Å². The Morgan fingerprint density at radius 3 is 2.09 bits per heavy atom. The van der Waals surface area contributed by atoms with Crippen LogP contribution in [0.25, 0.3) is 0 Å². The third-order valence-electron chi connectivity index (χ3n) is 1.74. The van der Waals surface area contributed by atoms with Gasteiger partial charge in [-0.25, -0.2) is 0 Å². The lowest BCUT2D eigenvalue weighted by Crippen LogP contribution is -2.30. The fraction of sp³-hybridized carbons (Fsp3) is 0.625. The minimum atomic E-state index is -0.979. The molecule has 0 aromatic rings. The molecule has 0 heterocycles. The predicted molar refractivity (Wildman–Crippen MR) is 42.2 cm³/mol. The van der Waals surface area contributed by atoms with Gasteiger partial charge in [0.25, 0.3) is 0 Å². The van der Waals surface area contributed by atoms with Gasteiger partial charge in [0, 0.05) is 0 Å². The number of hydrogen-bond acceptors (Lipinski definition) is 2. The van der Waals surface area contributed by atoms with Crippen LogP contribution in [0.1, 0.15) is 13.8 Å². The molecule has 0 spiro atoms. The van der Waals surface area contributed by atoms with Gasteiger partial charge in [0.15, 0.2) is 0 Å². The van der Waals surface area contributed by atoms with Crippen LogP contribution in [0.3, 0.4) is 0 Å². The molecule has 0 aromatic carbocycles. The molecule has 0 aromatic heterocycles. The quantitative estimate of drug-likeness (QED) is 0.597. The minimum absolute atomic E-state index is 0.201. The second kappa shape index (κ2) is 4.13. The predicted octanol–water partition coefficient (Wildman–Crippen LogP) is 0.890. The molecule has 0 rings (SSSR count). The zero-order valence-electron chi connectivity index (χ0n) is 6.82. The Kier molecular flexibility index (Phi) is 3.82. The molecule has 0 radical (unpaired) electrons. The second-order valence-corrected chi connectivity index (χ2v) is 2.70. The lowest BCUT2D eigenvalue weighted by Gasteiger charge is -2.19. The Balaban J connectivity index is 4.33. The molecule has 11 heavy (non-hydrogen) atoms. The number of hydrogen-bond donors (Lipinski definition) is 2. The standard InChI is InChI=1S/C8H14O3/c1-4-5(2)7(6(3)9)8(10)11/h4-7,9H,1H2,2-3H3,(H,10,11)/t5?,6-,7-/m1/s1. The van der Waals surface area contributed by atoms with Gasteiger partial charge < -0.3 is 10.2 Å². The summed E-state index contributed by atoms with van der Waals surface area (Å²) >= 11 is 0. The van der Waals surface area contributed by atoms with Crippen molar-refractivity contribution in [3.8, 4) is 0 Å². The summed E-state index contributed by atoms with van der Waals surface area (Å²) in [6.07, 6.45) is 0.700. The molecule has 3 nitrogen and oxygen atoms in total. The van der Waals surface area contributed by atoms with Crippen LogP contribution in [0.2, 0.25) is 0 Å². The van der Waals surface area contributed by atoms with Gasteiger partial charge in [0.2, 0.25) is 0 Å². The first-order valence-electron chi connectivity index (χ1n) is 3.54. The zero-order chi connectivity index (χ0) is 9.02. The van der Waals surface area contributed by atoms with Gasteiger partial charge >= 0.3 is 5.97 Å². The van der Waals surface area contributed by atoms with E-state index >= 15 is 0 Å². The maximum Gasteiger partial charge on any atom is 0.309 e. The van der Waals surface area contributed by atoms with E-state index in [-0.39, 0.29) is 5.92 Å². The zero-order valence-corrected chi connectivity index (χ0v) is 6.82. The van der Waals surface area contributed by atoms with Crippen LogP contribution in [-0.2, 0) is 4.79 Å². The maximum atomic E-state index is 10.5. The topological polar surface area (TPSA) is 57.5 Å². The van der Waals surface area contributed by atoms with Crippen molar-refractivity contribution in [2.75, 3.05) is 0 Å². The third-order valence-corrected chi connectivity index (χ3v) is 1.74. The van der Waals surface area contributed by atoms with Gasteiger partial charge in [0.1, 0.15) is 0 Å². The normalized spacial score (nSPS) is 18.5. The van der Waals surface area contributed by atoms with E-state index in [1.807, 2.05) is 0 Å². The molecule has 64 valence electrons. The Hall–Kier alpha value is -0.830. The molecule has 0 fully saturated rings. The Labute approximate surface area is 66.4 Å². The van der Waals surface area contributed by atoms with Crippen LogP contribution in [0, 0.1) is 11.8 Å². The first-order valence-corrected chi connectivity index (χ1v) is 3.54. The van der Waals surface area contributed by atoms with Crippen molar-refractivity contribution in [2.24, 2.45) is 11.8 Å². The van der Waals surface area contributed by atoms with Crippen molar-refractivity contribution >= 4 is 5.97 Å². The highest BCUT2D eigenvalue weighted by molar-refractivity contribution is 5.71. The van der Waals surface area contributed by atoms with Crippen LogP contribution in [0.5, 0.6) is 0 Å². The Bertz CT molecular complexity index is 151. The van der Waals surface area contributed by atoms with E-state index in [9.17, 15) is 4.79 Å². The van der Waals surface area contributed by atoms with Crippen LogP contribution in [0.4, 0.5) is 0 Å². The van der Waals surface area contributed by atoms with E-state index in [2.05, 4.69) is 6.58 Å². The SMILES string of the molecule is C=CC(C)[C@@H](C(=O)O)[C@@H](C)O. The monoisotopic (exact) mass is 158 g/mol. The van der Waals surface area contributed by atoms with E-state index in [0.29, 0.717) is 0 Å². The number of carboxylic acid groups (broad SMARTS) is 1. The summed E-state index contributed by atoms with van der Waals surface area (Å²) in [5.74, 6) is -1.92. The molecule has 0 saturated heterocycles. The van der Waals surface area contributed by atoms with Crippen LogP contribution >= 0.6 is 0 Å². The van der Waals surface area contributed by atoms with Crippen molar-refractivity contribution in [1.82, 2.24) is 0 Å². The Morgan fingerprint density at radius 2 is 2.00 bits per heavy atom. The molecule has 0 aliphatic heterocycles. The van der Waals surface area contributed by atoms with E-state index in [1.165, 1.54) is 13.0 Å². The average molecular weight is 158 g/mol. The summed E-state index contributed by atoms with van der Waals surface area (Å²) in [4.78, 5) is 10.5. The van der Waals surface area contributed by atoms with Crippen molar-refractivity contribution in [3.63, 3.8) is 0 Å². The molecule has 2 N–H and O–H groups in total. The summed E-state index contributed by atoms with van der Waals surface area (Å²) in [7, 11) is 0. The molecule has 0 saturated carbocycles. The minimum Gasteiger partial charge on any atom is -0.481 e. The van der Waals surface area contributed by atoms with Gasteiger partial charge in [-0.2, -0.15) is 0 Å². The molecule has 3 atom stereocenters. The number of allylic oxidation sites excluding steroid dienone is 1. The molecule has 1 unspecified atom stereocenters. The van der Waals surface area contributed by atoms with Gasteiger partial charge in [-0.05, 0) is 12.8 Å². The fourth-order valence-electron chi connectivity index (χ4n) is 1.02. The molecule has 0 amide bonds. The van der Waals surface area contributed by atoms with Crippen LogP contribution in [-0.4, -0.2) is 22.3 Å². The highest BCUT2D eigenvalue weighted by atomic mass is 16.4. The van der Waals surface area contributed by atoms with E-state index in [0.717, 1.165) is 0 Å². The fourth-order valence-corrected chi connectivity index (χ4v) is 1.02. The van der Waals surface area contributed by atoms with Crippen molar-refractivity contribution in [3.05, 3.63) is 12.7 Å². The molecule has 0 aliphatic rings. The van der Waals surface area contributed by atoms with E-state index in [4.69, 9.17) is 10.2 Å². The second-order valence-electron chi connectivity index (χ2n) is 2.70. The average Bonchev–Trinajstić information content (AvgIpc) is 1.85. The van der Waals surface area contributed by atoms with E-state index in [1.54, 1.807) is 6.92 Å². The van der Waals surface area contributed by atoms with Gasteiger partial charge in [-0.15, -0.1) is 6.58 Å². The summed E-state index contributed by atoms with van der Waals surface area (Å²) in [5.41, 5.74) is 0. The first kappa shape index (κ1) is 10.2. The highest BCUT2D eigenvalue weighted by Crippen LogP contribution is 2.16. The van der Waals surface area contributed by atoms with E-state index < -0.39 is 18.0 Å². The van der Waals surface area contributed by atoms with Crippen molar-refractivity contribution in [2.45, 2.75) is 20.0 Å². The maximum absolute atomic E-state index is 10.5. The number of carbonyl (C=O) groups is 1. The molecular formula is C8H14O3. The highest BCUT2D eigenvalue weighted by Gasteiger charge is 2.27. The summed E-state index contributed by atoms with van der Waals surface area (Å²) < 4.78 is 0. The van der Waals surface area contributed by atoms with Gasteiger partial charge in [-0.3, -0.25) is 4.79 Å². The lowest BCUT2D eigenvalue weighted by molar-refractivity contribution is -0.146. The molecule has 0 bridgehead atoms. The largest absolute Gasteiger partial charge is 0.481 e. The van der Waals surface area contributed by atoms with Crippen molar-refractivity contribution in [1.29, 1.82) is 0 Å². The van der Waals surface area contributed by atoms with Crippen LogP contribution in [0.15, 0.2) is 12.7 Å².